The topological polar surface area (TPSA) is 103 Å². The van der Waals surface area contributed by atoms with Crippen molar-refractivity contribution in [3.8, 4) is 11.4 Å². The Kier molecular flexibility index (Phi) is 5.87. The van der Waals surface area contributed by atoms with Crippen LogP contribution in [0.25, 0.3) is 11.4 Å². The lowest BCUT2D eigenvalue weighted by molar-refractivity contribution is -0.384. The molecule has 2 heterocycles. The monoisotopic (exact) mass is 403 g/mol. The zero-order valence-corrected chi connectivity index (χ0v) is 16.3. The third-order valence-corrected chi connectivity index (χ3v) is 5.89. The molecule has 2 aromatic heterocycles. The molecule has 0 saturated heterocycles. The summed E-state index contributed by atoms with van der Waals surface area (Å²) in [6.45, 7) is 2.11. The second-order valence-corrected chi connectivity index (χ2v) is 7.60. The highest BCUT2D eigenvalue weighted by Crippen LogP contribution is 2.27. The molecule has 140 valence electrons. The molecular weight excluding hydrogens is 386 g/mol. The predicted octanol–water partition coefficient (Wildman–Crippen LogP) is 3.75. The molecule has 3 aromatic rings. The molecule has 10 heteroatoms. The van der Waals surface area contributed by atoms with Crippen LogP contribution in [0.3, 0.4) is 0 Å². The van der Waals surface area contributed by atoms with Gasteiger partial charge in [0.15, 0.2) is 11.0 Å². The molecule has 0 aliphatic carbocycles. The normalized spacial score (nSPS) is 10.7. The van der Waals surface area contributed by atoms with Crippen LogP contribution >= 0.6 is 23.1 Å². The molecule has 1 N–H and O–H groups in total. The molecule has 0 radical (unpaired) electrons. The molecule has 0 spiro atoms. The number of thiophene rings is 1. The summed E-state index contributed by atoms with van der Waals surface area (Å²) in [5, 5.41) is 24.4. The van der Waals surface area contributed by atoms with Crippen molar-refractivity contribution >= 4 is 40.4 Å². The van der Waals surface area contributed by atoms with E-state index in [4.69, 9.17) is 0 Å². The van der Waals surface area contributed by atoms with Crippen LogP contribution in [0.5, 0.6) is 0 Å². The zero-order chi connectivity index (χ0) is 19.4. The van der Waals surface area contributed by atoms with E-state index in [1.165, 1.54) is 40.9 Å². The largest absolute Gasteiger partial charge is 0.325 e. The van der Waals surface area contributed by atoms with Gasteiger partial charge >= 0.3 is 0 Å². The van der Waals surface area contributed by atoms with Crippen molar-refractivity contribution in [2.45, 2.75) is 18.5 Å². The van der Waals surface area contributed by atoms with Crippen LogP contribution in [0.1, 0.15) is 11.8 Å². The Morgan fingerprint density at radius 3 is 2.70 bits per heavy atom. The number of benzene rings is 1. The fourth-order valence-electron chi connectivity index (χ4n) is 2.37. The van der Waals surface area contributed by atoms with Gasteiger partial charge in [0.25, 0.3) is 5.69 Å². The Labute approximate surface area is 163 Å². The fourth-order valence-corrected chi connectivity index (χ4v) is 3.89. The molecular formula is C17H17N5O3S2. The number of non-ortho nitro benzene ring substituents is 1. The van der Waals surface area contributed by atoms with E-state index in [1.807, 2.05) is 11.6 Å². The predicted molar refractivity (Wildman–Crippen MR) is 106 cm³/mol. The Balaban J connectivity index is 1.59. The lowest BCUT2D eigenvalue weighted by Crippen LogP contribution is -2.14. The minimum Gasteiger partial charge on any atom is -0.325 e. The number of nitro benzene ring substituents is 1. The van der Waals surface area contributed by atoms with Gasteiger partial charge in [-0.1, -0.05) is 18.7 Å². The Bertz CT molecular complexity index is 965. The molecule has 0 unspecified atom stereocenters. The first-order chi connectivity index (χ1) is 13.0. The molecule has 0 bridgehead atoms. The maximum Gasteiger partial charge on any atom is 0.269 e. The number of aryl methyl sites for hydroxylation is 1. The minimum absolute atomic E-state index is 0.0198. The highest BCUT2D eigenvalue weighted by Gasteiger charge is 2.14. The average molecular weight is 403 g/mol. The van der Waals surface area contributed by atoms with Gasteiger partial charge in [-0.05, 0) is 24.6 Å². The Hall–Kier alpha value is -2.72. The van der Waals surface area contributed by atoms with Crippen LogP contribution in [0.4, 0.5) is 11.4 Å². The van der Waals surface area contributed by atoms with E-state index in [1.54, 1.807) is 11.3 Å². The third-order valence-electron chi connectivity index (χ3n) is 3.79. The number of carbonyl (C=O) groups is 1. The molecule has 0 saturated carbocycles. The van der Waals surface area contributed by atoms with Gasteiger partial charge in [-0.25, -0.2) is 0 Å². The smallest absolute Gasteiger partial charge is 0.269 e. The molecule has 27 heavy (non-hydrogen) atoms. The van der Waals surface area contributed by atoms with E-state index in [2.05, 4.69) is 33.9 Å². The lowest BCUT2D eigenvalue weighted by atomic mass is 10.2. The maximum atomic E-state index is 12.1. The number of anilines is 1. The number of thioether (sulfide) groups is 1. The second kappa shape index (κ2) is 8.31. The van der Waals surface area contributed by atoms with E-state index in [-0.39, 0.29) is 17.3 Å². The van der Waals surface area contributed by atoms with E-state index in [0.29, 0.717) is 10.8 Å². The number of carbonyl (C=O) groups excluding carboxylic acids is 1. The van der Waals surface area contributed by atoms with Gasteiger partial charge in [0, 0.05) is 40.7 Å². The fraction of sp³-hybridized carbons (Fsp3) is 0.235. The highest BCUT2D eigenvalue weighted by atomic mass is 32.2. The summed E-state index contributed by atoms with van der Waals surface area (Å²) in [6.07, 6.45) is 0.979. The van der Waals surface area contributed by atoms with Crippen LogP contribution in [-0.4, -0.2) is 31.3 Å². The molecule has 0 aliphatic heterocycles. The summed E-state index contributed by atoms with van der Waals surface area (Å²) in [5.74, 6) is 0.707. The summed E-state index contributed by atoms with van der Waals surface area (Å²) in [4.78, 5) is 23.6. The van der Waals surface area contributed by atoms with Crippen molar-refractivity contribution in [2.24, 2.45) is 7.05 Å². The van der Waals surface area contributed by atoms with Gasteiger partial charge in [0.05, 0.1) is 10.7 Å². The van der Waals surface area contributed by atoms with Crippen LogP contribution in [0.2, 0.25) is 0 Å². The summed E-state index contributed by atoms with van der Waals surface area (Å²) >= 11 is 2.97. The number of hydrogen-bond donors (Lipinski definition) is 1. The molecule has 0 atom stereocenters. The average Bonchev–Trinajstić information content (AvgIpc) is 3.27. The van der Waals surface area contributed by atoms with Gasteiger partial charge in [0.2, 0.25) is 5.91 Å². The standard InChI is InChI=1S/C17H17N5O3S2/c1-3-14-8-11(9-26-14)16-19-20-17(21(16)2)27-10-15(23)18-12-4-6-13(7-5-12)22(24)25/h4-9H,3,10H2,1-2H3,(H,18,23). The first kappa shape index (κ1) is 19.1. The molecule has 0 fully saturated rings. The maximum absolute atomic E-state index is 12.1. The number of aromatic nitrogens is 3. The summed E-state index contributed by atoms with van der Waals surface area (Å²) in [6, 6.07) is 7.81. The van der Waals surface area contributed by atoms with Gasteiger partial charge in [0.1, 0.15) is 0 Å². The Morgan fingerprint density at radius 1 is 1.33 bits per heavy atom. The Morgan fingerprint density at radius 2 is 2.07 bits per heavy atom. The lowest BCUT2D eigenvalue weighted by Gasteiger charge is -2.05. The van der Waals surface area contributed by atoms with Gasteiger partial charge < -0.3 is 9.88 Å². The molecule has 1 amide bonds. The van der Waals surface area contributed by atoms with E-state index < -0.39 is 4.92 Å². The number of amides is 1. The molecule has 3 rings (SSSR count). The van der Waals surface area contributed by atoms with Crippen LogP contribution < -0.4 is 5.32 Å². The van der Waals surface area contributed by atoms with Crippen molar-refractivity contribution < 1.29 is 9.72 Å². The zero-order valence-electron chi connectivity index (χ0n) is 14.7. The summed E-state index contributed by atoms with van der Waals surface area (Å²) in [5.41, 5.74) is 1.51. The molecule has 1 aromatic carbocycles. The minimum atomic E-state index is -0.482. The number of nitro groups is 1. The van der Waals surface area contributed by atoms with Gasteiger partial charge in [-0.15, -0.1) is 21.5 Å². The van der Waals surface area contributed by atoms with Crippen molar-refractivity contribution in [2.75, 3.05) is 11.1 Å². The first-order valence-electron chi connectivity index (χ1n) is 8.12. The number of nitrogens with zero attached hydrogens (tertiary/aromatic N) is 4. The SMILES string of the molecule is CCc1cc(-c2nnc(SCC(=O)Nc3ccc([N+](=O)[O-])cc3)n2C)cs1. The van der Waals surface area contributed by atoms with Crippen LogP contribution in [0.15, 0.2) is 40.9 Å². The quantitative estimate of drug-likeness (QED) is 0.366. The third kappa shape index (κ3) is 4.52. The van der Waals surface area contributed by atoms with Crippen molar-refractivity contribution in [1.82, 2.24) is 14.8 Å². The second-order valence-electron chi connectivity index (χ2n) is 5.66. The number of rotatable bonds is 7. The molecule has 0 aliphatic rings. The van der Waals surface area contributed by atoms with Crippen LogP contribution in [0, 0.1) is 10.1 Å². The van der Waals surface area contributed by atoms with Crippen molar-refractivity contribution in [3.05, 3.63) is 50.7 Å². The van der Waals surface area contributed by atoms with Crippen LogP contribution in [-0.2, 0) is 18.3 Å². The van der Waals surface area contributed by atoms with Gasteiger partial charge in [-0.3, -0.25) is 14.9 Å². The van der Waals surface area contributed by atoms with Crippen molar-refractivity contribution in [1.29, 1.82) is 0 Å². The number of nitrogens with one attached hydrogen (secondary N) is 1. The molecule has 8 nitrogen and oxygen atoms in total. The summed E-state index contributed by atoms with van der Waals surface area (Å²) < 4.78 is 1.87. The number of hydrogen-bond acceptors (Lipinski definition) is 7. The van der Waals surface area contributed by atoms with E-state index >= 15 is 0 Å². The van der Waals surface area contributed by atoms with E-state index in [9.17, 15) is 14.9 Å². The van der Waals surface area contributed by atoms with E-state index in [0.717, 1.165) is 17.8 Å². The summed E-state index contributed by atoms with van der Waals surface area (Å²) in [7, 11) is 1.87. The first-order valence-corrected chi connectivity index (χ1v) is 9.98. The van der Waals surface area contributed by atoms with Crippen molar-refractivity contribution in [3.63, 3.8) is 0 Å². The van der Waals surface area contributed by atoms with Gasteiger partial charge in [-0.2, -0.15) is 0 Å². The highest BCUT2D eigenvalue weighted by molar-refractivity contribution is 7.99.